The van der Waals surface area contributed by atoms with E-state index >= 15 is 4.39 Å². The Morgan fingerprint density at radius 3 is 2.69 bits per heavy atom. The number of piperidine rings is 2. The van der Waals surface area contributed by atoms with Crippen LogP contribution < -0.4 is 5.32 Å². The zero-order chi connectivity index (χ0) is 29.8. The molecule has 4 heterocycles. The predicted molar refractivity (Wildman–Crippen MR) is 151 cm³/mol. The molecule has 6 rings (SSSR count). The number of oxazole rings is 1. The van der Waals surface area contributed by atoms with Gasteiger partial charge >= 0.3 is 0 Å². The fraction of sp³-hybridized carbons (Fsp3) is 0.355. The number of hydrogen-bond donors (Lipinski definition) is 2. The molecular weight excluding hydrogens is 566 g/mol. The number of benzene rings is 2. The number of fused-ring (bicyclic) bond motifs is 1. The SMILES string of the molecule is CC1(C)CN(Cc2ccc(-c3coc(Cl)n3)c(F)c2)CCC1(O)c1ccc2ncc(C3CCC(=O)NC3=O)cc2c1F. The number of imide groups is 1. The van der Waals surface area contributed by atoms with Crippen LogP contribution in [0.3, 0.4) is 0 Å². The van der Waals surface area contributed by atoms with E-state index in [2.05, 4.69) is 20.2 Å². The molecule has 2 aliphatic rings. The Morgan fingerprint density at radius 2 is 2.00 bits per heavy atom. The van der Waals surface area contributed by atoms with Gasteiger partial charge in [0.1, 0.15) is 23.6 Å². The topological polar surface area (TPSA) is 109 Å². The van der Waals surface area contributed by atoms with Gasteiger partial charge in [-0.25, -0.2) is 8.78 Å². The molecule has 2 saturated heterocycles. The summed E-state index contributed by atoms with van der Waals surface area (Å²) >= 11 is 5.73. The average Bonchev–Trinajstić information content (AvgIpc) is 3.36. The fourth-order valence-corrected chi connectivity index (χ4v) is 6.40. The maximum absolute atomic E-state index is 16.2. The van der Waals surface area contributed by atoms with Crippen molar-refractivity contribution in [2.75, 3.05) is 13.1 Å². The van der Waals surface area contributed by atoms with E-state index in [0.29, 0.717) is 42.8 Å². The summed E-state index contributed by atoms with van der Waals surface area (Å²) in [5, 5.41) is 14.5. The Balaban J connectivity index is 1.24. The van der Waals surface area contributed by atoms with Gasteiger partial charge in [0.15, 0.2) is 0 Å². The van der Waals surface area contributed by atoms with Crippen LogP contribution in [0.2, 0.25) is 5.35 Å². The van der Waals surface area contributed by atoms with Crippen LogP contribution in [0.25, 0.3) is 22.2 Å². The Bertz CT molecular complexity index is 1720. The first-order valence-corrected chi connectivity index (χ1v) is 14.1. The molecular formula is C31H29ClF2N4O4. The van der Waals surface area contributed by atoms with E-state index in [0.717, 1.165) is 5.56 Å². The summed E-state index contributed by atoms with van der Waals surface area (Å²) in [4.78, 5) is 34.4. The van der Waals surface area contributed by atoms with Crippen LogP contribution in [0.5, 0.6) is 0 Å². The van der Waals surface area contributed by atoms with E-state index in [1.165, 1.54) is 18.5 Å². The Hall–Kier alpha value is -3.73. The second-order valence-corrected chi connectivity index (χ2v) is 12.1. The first kappa shape index (κ1) is 28.4. The molecule has 0 aliphatic carbocycles. The van der Waals surface area contributed by atoms with E-state index in [4.69, 9.17) is 16.0 Å². The fourth-order valence-electron chi connectivity index (χ4n) is 6.26. The van der Waals surface area contributed by atoms with Crippen LogP contribution in [0.4, 0.5) is 8.78 Å². The Kier molecular flexibility index (Phi) is 7.11. The molecule has 2 unspecified atom stereocenters. The first-order valence-electron chi connectivity index (χ1n) is 13.7. The predicted octanol–water partition coefficient (Wildman–Crippen LogP) is 5.46. The summed E-state index contributed by atoms with van der Waals surface area (Å²) in [6.07, 6.45) is 3.61. The van der Waals surface area contributed by atoms with Gasteiger partial charge in [0.05, 0.1) is 17.0 Å². The number of halogens is 3. The number of likely N-dealkylation sites (tertiary alicyclic amines) is 1. The highest BCUT2D eigenvalue weighted by molar-refractivity contribution is 6.27. The van der Waals surface area contributed by atoms with E-state index in [1.807, 2.05) is 19.9 Å². The molecule has 42 heavy (non-hydrogen) atoms. The zero-order valence-electron chi connectivity index (χ0n) is 23.1. The van der Waals surface area contributed by atoms with Crippen molar-refractivity contribution in [3.63, 3.8) is 0 Å². The lowest BCUT2D eigenvalue weighted by Gasteiger charge is -2.50. The van der Waals surface area contributed by atoms with Crippen LogP contribution in [0, 0.1) is 17.0 Å². The summed E-state index contributed by atoms with van der Waals surface area (Å²) in [6.45, 7) is 5.10. The molecule has 2 N–H and O–H groups in total. The van der Waals surface area contributed by atoms with Gasteiger partial charge in [0, 0.05) is 54.2 Å². The van der Waals surface area contributed by atoms with Crippen molar-refractivity contribution in [2.24, 2.45) is 5.41 Å². The molecule has 0 spiro atoms. The van der Waals surface area contributed by atoms with Gasteiger partial charge < -0.3 is 9.52 Å². The molecule has 2 atom stereocenters. The van der Waals surface area contributed by atoms with Crippen molar-refractivity contribution < 1.29 is 27.9 Å². The quantitative estimate of drug-likeness (QED) is 0.295. The minimum absolute atomic E-state index is 0.0645. The van der Waals surface area contributed by atoms with E-state index in [9.17, 15) is 19.1 Å². The van der Waals surface area contributed by atoms with Crippen LogP contribution in [0.1, 0.15) is 55.7 Å². The number of carbonyl (C=O) groups excluding carboxylic acids is 2. The van der Waals surface area contributed by atoms with Crippen molar-refractivity contribution in [3.05, 3.63) is 82.5 Å². The molecule has 0 bridgehead atoms. The lowest BCUT2D eigenvalue weighted by atomic mass is 9.66. The van der Waals surface area contributed by atoms with Gasteiger partial charge in [-0.15, -0.1) is 0 Å². The summed E-state index contributed by atoms with van der Waals surface area (Å²) < 4.78 is 36.0. The number of hydrogen-bond acceptors (Lipinski definition) is 7. The van der Waals surface area contributed by atoms with E-state index < -0.39 is 34.5 Å². The van der Waals surface area contributed by atoms with Gasteiger partial charge in [0.2, 0.25) is 11.8 Å². The van der Waals surface area contributed by atoms with Crippen LogP contribution in [0.15, 0.2) is 53.3 Å². The number of aliphatic hydroxyl groups is 1. The van der Waals surface area contributed by atoms with Gasteiger partial charge in [-0.2, -0.15) is 4.98 Å². The van der Waals surface area contributed by atoms with Crippen molar-refractivity contribution in [1.82, 2.24) is 20.2 Å². The van der Waals surface area contributed by atoms with Crippen molar-refractivity contribution in [2.45, 2.75) is 51.2 Å². The van der Waals surface area contributed by atoms with Crippen LogP contribution in [-0.4, -0.2) is 44.9 Å². The Labute approximate surface area is 245 Å². The number of aromatic nitrogens is 2. The van der Waals surface area contributed by atoms with Gasteiger partial charge in [-0.1, -0.05) is 26.0 Å². The largest absolute Gasteiger partial charge is 0.436 e. The monoisotopic (exact) mass is 594 g/mol. The third-order valence-electron chi connectivity index (χ3n) is 8.63. The average molecular weight is 595 g/mol. The van der Waals surface area contributed by atoms with Crippen molar-refractivity contribution >= 4 is 34.3 Å². The van der Waals surface area contributed by atoms with Crippen LogP contribution in [-0.2, 0) is 21.7 Å². The molecule has 2 aromatic heterocycles. The number of amides is 2. The van der Waals surface area contributed by atoms with Crippen LogP contribution >= 0.6 is 11.6 Å². The molecule has 2 amide bonds. The van der Waals surface area contributed by atoms with Gasteiger partial charge in [-0.05, 0) is 59.8 Å². The number of rotatable bonds is 5. The molecule has 2 fully saturated rings. The zero-order valence-corrected chi connectivity index (χ0v) is 23.8. The molecule has 218 valence electrons. The molecule has 2 aliphatic heterocycles. The highest BCUT2D eigenvalue weighted by Crippen LogP contribution is 2.48. The van der Waals surface area contributed by atoms with Crippen molar-refractivity contribution in [3.8, 4) is 11.3 Å². The van der Waals surface area contributed by atoms with E-state index in [1.54, 1.807) is 24.3 Å². The number of nitrogens with zero attached hydrogens (tertiary/aromatic N) is 3. The maximum Gasteiger partial charge on any atom is 0.292 e. The Morgan fingerprint density at radius 1 is 1.19 bits per heavy atom. The second-order valence-electron chi connectivity index (χ2n) is 11.8. The van der Waals surface area contributed by atoms with E-state index in [-0.39, 0.29) is 40.6 Å². The van der Waals surface area contributed by atoms with Gasteiger partial charge in [-0.3, -0.25) is 24.8 Å². The number of nitrogens with one attached hydrogen (secondary N) is 1. The minimum atomic E-state index is -1.49. The maximum atomic E-state index is 16.2. The molecule has 2 aromatic carbocycles. The first-order chi connectivity index (χ1) is 19.9. The normalized spacial score (nSPS) is 22.9. The molecule has 4 aromatic rings. The molecule has 11 heteroatoms. The number of pyridine rings is 1. The lowest BCUT2D eigenvalue weighted by molar-refractivity contribution is -0.134. The lowest BCUT2D eigenvalue weighted by Crippen LogP contribution is -2.55. The highest BCUT2D eigenvalue weighted by Gasteiger charge is 2.50. The minimum Gasteiger partial charge on any atom is -0.436 e. The molecule has 0 radical (unpaired) electrons. The van der Waals surface area contributed by atoms with Gasteiger partial charge in [0.25, 0.3) is 5.35 Å². The summed E-state index contributed by atoms with van der Waals surface area (Å²) in [7, 11) is 0. The highest BCUT2D eigenvalue weighted by atomic mass is 35.5. The number of carbonyl (C=O) groups is 2. The third-order valence-corrected chi connectivity index (χ3v) is 8.80. The molecule has 8 nitrogen and oxygen atoms in total. The summed E-state index contributed by atoms with van der Waals surface area (Å²) in [5.41, 5.74) is 0.173. The summed E-state index contributed by atoms with van der Waals surface area (Å²) in [5.74, 6) is -2.38. The third kappa shape index (κ3) is 4.97. The molecule has 0 saturated carbocycles. The van der Waals surface area contributed by atoms with Crippen molar-refractivity contribution in [1.29, 1.82) is 0 Å². The summed E-state index contributed by atoms with van der Waals surface area (Å²) in [6, 6.07) is 9.74. The standard InChI is InChI=1S/C31H29ClF2N4O4/c1-30(2)16-38(14-17-3-4-20(23(33)11-17)25-15-42-29(32)36-25)10-9-31(30,41)22-6-7-24-21(27(22)34)12-18(13-35-24)19-5-8-26(39)37-28(19)40/h3-4,6-7,11-13,15,19,41H,5,8-10,14,16H2,1-2H3,(H,37,39,40). The second kappa shape index (κ2) is 10.5. The smallest absolute Gasteiger partial charge is 0.292 e.